The summed E-state index contributed by atoms with van der Waals surface area (Å²) in [6, 6.07) is 0. The molecule has 2 rings (SSSR count). The molecule has 0 spiro atoms. The molecule has 2 aromatic rings. The van der Waals surface area contributed by atoms with Crippen LogP contribution in [0.15, 0.2) is 6.20 Å². The van der Waals surface area contributed by atoms with Crippen LogP contribution in [0.5, 0.6) is 0 Å². The van der Waals surface area contributed by atoms with Gasteiger partial charge in [0, 0.05) is 29.7 Å². The standard InChI is InChI=1S/C13H19N5/c1-8-9(2)17-18(11(8)4)13-15-7-12(6-14-5)10(3)16-13/h7,14H,6H2,1-5H3. The monoisotopic (exact) mass is 245 g/mol. The van der Waals surface area contributed by atoms with E-state index in [9.17, 15) is 0 Å². The first kappa shape index (κ1) is 12.7. The topological polar surface area (TPSA) is 55.6 Å². The first-order valence-corrected chi connectivity index (χ1v) is 6.05. The average Bonchev–Trinajstić information content (AvgIpc) is 2.60. The van der Waals surface area contributed by atoms with Gasteiger partial charge >= 0.3 is 0 Å². The van der Waals surface area contributed by atoms with Crippen LogP contribution in [0.25, 0.3) is 5.95 Å². The number of hydrogen-bond acceptors (Lipinski definition) is 4. The molecule has 0 radical (unpaired) electrons. The minimum atomic E-state index is 0.640. The van der Waals surface area contributed by atoms with E-state index in [4.69, 9.17) is 0 Å². The Morgan fingerprint density at radius 2 is 1.89 bits per heavy atom. The Balaban J connectivity index is 2.45. The van der Waals surface area contributed by atoms with Gasteiger partial charge in [-0.1, -0.05) is 0 Å². The van der Waals surface area contributed by atoms with Crippen LogP contribution in [-0.2, 0) is 6.54 Å². The van der Waals surface area contributed by atoms with E-state index in [2.05, 4.69) is 27.3 Å². The lowest BCUT2D eigenvalue weighted by molar-refractivity contribution is 0.746. The minimum absolute atomic E-state index is 0.640. The van der Waals surface area contributed by atoms with Crippen LogP contribution < -0.4 is 5.32 Å². The summed E-state index contributed by atoms with van der Waals surface area (Å²) in [4.78, 5) is 8.92. The maximum atomic E-state index is 4.53. The molecule has 2 aromatic heterocycles. The third-order valence-corrected chi connectivity index (χ3v) is 3.28. The van der Waals surface area contributed by atoms with Crippen LogP contribution in [-0.4, -0.2) is 26.8 Å². The second-order valence-corrected chi connectivity index (χ2v) is 4.52. The summed E-state index contributed by atoms with van der Waals surface area (Å²) in [5.41, 5.74) is 5.40. The molecule has 5 nitrogen and oxygen atoms in total. The molecular formula is C13H19N5. The predicted octanol–water partition coefficient (Wildman–Crippen LogP) is 1.62. The van der Waals surface area contributed by atoms with Gasteiger partial charge in [0.2, 0.25) is 0 Å². The van der Waals surface area contributed by atoms with Crippen molar-refractivity contribution in [3.63, 3.8) is 0 Å². The predicted molar refractivity (Wildman–Crippen MR) is 70.9 cm³/mol. The summed E-state index contributed by atoms with van der Waals surface area (Å²) in [6.45, 7) is 8.88. The lowest BCUT2D eigenvalue weighted by atomic mass is 10.2. The average molecular weight is 245 g/mol. The highest BCUT2D eigenvalue weighted by atomic mass is 15.4. The molecule has 0 unspecified atom stereocenters. The number of hydrogen-bond donors (Lipinski definition) is 1. The zero-order valence-corrected chi connectivity index (χ0v) is 11.6. The Morgan fingerprint density at radius 1 is 1.17 bits per heavy atom. The number of aryl methyl sites for hydroxylation is 2. The second kappa shape index (κ2) is 4.86. The maximum absolute atomic E-state index is 4.53. The van der Waals surface area contributed by atoms with Crippen LogP contribution in [0.2, 0.25) is 0 Å². The molecule has 0 aliphatic rings. The van der Waals surface area contributed by atoms with Crippen LogP contribution >= 0.6 is 0 Å². The van der Waals surface area contributed by atoms with Crippen LogP contribution in [0, 0.1) is 27.7 Å². The van der Waals surface area contributed by atoms with E-state index < -0.39 is 0 Å². The Labute approximate surface area is 107 Å². The van der Waals surface area contributed by atoms with E-state index in [0.29, 0.717) is 5.95 Å². The summed E-state index contributed by atoms with van der Waals surface area (Å²) < 4.78 is 1.81. The van der Waals surface area contributed by atoms with Crippen LogP contribution in [0.1, 0.15) is 28.2 Å². The molecule has 18 heavy (non-hydrogen) atoms. The molecule has 0 saturated carbocycles. The fraction of sp³-hybridized carbons (Fsp3) is 0.462. The van der Waals surface area contributed by atoms with Crippen molar-refractivity contribution in [3.8, 4) is 5.95 Å². The second-order valence-electron chi connectivity index (χ2n) is 4.52. The zero-order chi connectivity index (χ0) is 13.3. The summed E-state index contributed by atoms with van der Waals surface area (Å²) in [5.74, 6) is 0.640. The van der Waals surface area contributed by atoms with E-state index in [1.54, 1.807) is 4.68 Å². The zero-order valence-electron chi connectivity index (χ0n) is 11.6. The van der Waals surface area contributed by atoms with Gasteiger partial charge in [0.1, 0.15) is 0 Å². The van der Waals surface area contributed by atoms with Crippen molar-refractivity contribution in [2.75, 3.05) is 7.05 Å². The van der Waals surface area contributed by atoms with Gasteiger partial charge in [-0.25, -0.2) is 14.6 Å². The molecule has 0 atom stereocenters. The van der Waals surface area contributed by atoms with Crippen molar-refractivity contribution in [1.29, 1.82) is 0 Å². The van der Waals surface area contributed by atoms with E-state index >= 15 is 0 Å². The molecule has 2 heterocycles. The Morgan fingerprint density at radius 3 is 2.39 bits per heavy atom. The fourth-order valence-electron chi connectivity index (χ4n) is 1.86. The lowest BCUT2D eigenvalue weighted by Gasteiger charge is -2.07. The van der Waals surface area contributed by atoms with Crippen LogP contribution in [0.3, 0.4) is 0 Å². The molecule has 0 aliphatic heterocycles. The molecule has 0 bridgehead atoms. The molecule has 0 amide bonds. The maximum Gasteiger partial charge on any atom is 0.250 e. The van der Waals surface area contributed by atoms with Gasteiger partial charge < -0.3 is 5.32 Å². The van der Waals surface area contributed by atoms with Gasteiger partial charge in [-0.15, -0.1) is 0 Å². The normalized spacial score (nSPS) is 10.9. The van der Waals surface area contributed by atoms with E-state index in [1.807, 2.05) is 34.0 Å². The van der Waals surface area contributed by atoms with Crippen molar-refractivity contribution < 1.29 is 0 Å². The molecule has 96 valence electrons. The Bertz CT molecular complexity index is 571. The number of aromatic nitrogens is 4. The van der Waals surface area contributed by atoms with E-state index in [-0.39, 0.29) is 0 Å². The third kappa shape index (κ3) is 2.13. The lowest BCUT2D eigenvalue weighted by Crippen LogP contribution is -2.11. The highest BCUT2D eigenvalue weighted by molar-refractivity contribution is 5.29. The van der Waals surface area contributed by atoms with Crippen molar-refractivity contribution in [2.24, 2.45) is 0 Å². The molecule has 0 fully saturated rings. The molecule has 0 aliphatic carbocycles. The Kier molecular flexibility index (Phi) is 3.43. The van der Waals surface area contributed by atoms with Gasteiger partial charge in [0.25, 0.3) is 5.95 Å². The molecule has 0 aromatic carbocycles. The van der Waals surface area contributed by atoms with Crippen molar-refractivity contribution >= 4 is 0 Å². The summed E-state index contributed by atoms with van der Waals surface area (Å²) in [5, 5.41) is 7.58. The van der Waals surface area contributed by atoms with E-state index in [0.717, 1.165) is 29.2 Å². The first-order valence-electron chi connectivity index (χ1n) is 6.05. The Hall–Kier alpha value is -1.75. The minimum Gasteiger partial charge on any atom is -0.316 e. The molecule has 0 saturated heterocycles. The van der Waals surface area contributed by atoms with Gasteiger partial charge in [0.05, 0.1) is 5.69 Å². The number of nitrogens with zero attached hydrogens (tertiary/aromatic N) is 4. The van der Waals surface area contributed by atoms with E-state index in [1.165, 1.54) is 5.56 Å². The van der Waals surface area contributed by atoms with Crippen LogP contribution in [0.4, 0.5) is 0 Å². The molecule has 1 N–H and O–H groups in total. The summed E-state index contributed by atoms with van der Waals surface area (Å²) >= 11 is 0. The number of nitrogens with one attached hydrogen (secondary N) is 1. The summed E-state index contributed by atoms with van der Waals surface area (Å²) in [7, 11) is 1.91. The highest BCUT2D eigenvalue weighted by Gasteiger charge is 2.12. The van der Waals surface area contributed by atoms with Crippen molar-refractivity contribution in [1.82, 2.24) is 25.1 Å². The molecular weight excluding hydrogens is 226 g/mol. The molecule has 5 heteroatoms. The van der Waals surface area contributed by atoms with Crippen molar-refractivity contribution in [2.45, 2.75) is 34.2 Å². The van der Waals surface area contributed by atoms with Crippen molar-refractivity contribution in [3.05, 3.63) is 34.4 Å². The first-order chi connectivity index (χ1) is 8.54. The highest BCUT2D eigenvalue weighted by Crippen LogP contribution is 2.15. The SMILES string of the molecule is CNCc1cnc(-n2nc(C)c(C)c2C)nc1C. The quantitative estimate of drug-likeness (QED) is 0.892. The summed E-state index contributed by atoms with van der Waals surface area (Å²) in [6.07, 6.45) is 1.86. The van der Waals surface area contributed by atoms with Gasteiger partial charge in [-0.05, 0) is 40.3 Å². The third-order valence-electron chi connectivity index (χ3n) is 3.28. The number of rotatable bonds is 3. The van der Waals surface area contributed by atoms with Gasteiger partial charge in [-0.2, -0.15) is 5.10 Å². The largest absolute Gasteiger partial charge is 0.316 e. The fourth-order valence-corrected chi connectivity index (χ4v) is 1.86. The van der Waals surface area contributed by atoms with Gasteiger partial charge in [-0.3, -0.25) is 0 Å². The smallest absolute Gasteiger partial charge is 0.250 e. The van der Waals surface area contributed by atoms with Gasteiger partial charge in [0.15, 0.2) is 0 Å².